The predicted molar refractivity (Wildman–Crippen MR) is 84.9 cm³/mol. The first-order chi connectivity index (χ1) is 10.2. The van der Waals surface area contributed by atoms with Crippen LogP contribution in [-0.4, -0.2) is 13.0 Å². The number of rotatable bonds is 5. The molecule has 0 aliphatic heterocycles. The molecule has 0 radical (unpaired) electrons. The van der Waals surface area contributed by atoms with Crippen molar-refractivity contribution in [2.24, 2.45) is 0 Å². The average molecular weight is 281 g/mol. The summed E-state index contributed by atoms with van der Waals surface area (Å²) in [4.78, 5) is 12.1. The van der Waals surface area contributed by atoms with Crippen molar-refractivity contribution in [1.82, 2.24) is 5.32 Å². The second-order valence-corrected chi connectivity index (χ2v) is 4.73. The van der Waals surface area contributed by atoms with Gasteiger partial charge in [0.05, 0.1) is 7.11 Å². The van der Waals surface area contributed by atoms with E-state index in [4.69, 9.17) is 4.74 Å². The van der Waals surface area contributed by atoms with E-state index in [1.165, 1.54) is 0 Å². The van der Waals surface area contributed by atoms with Gasteiger partial charge in [-0.05, 0) is 24.6 Å². The van der Waals surface area contributed by atoms with Gasteiger partial charge in [0.25, 0.3) is 0 Å². The molecule has 1 N–H and O–H groups in total. The van der Waals surface area contributed by atoms with Crippen molar-refractivity contribution in [3.05, 3.63) is 71.3 Å². The third kappa shape index (κ3) is 4.21. The van der Waals surface area contributed by atoms with Gasteiger partial charge in [0.2, 0.25) is 5.91 Å². The van der Waals surface area contributed by atoms with E-state index in [0.29, 0.717) is 12.1 Å². The van der Waals surface area contributed by atoms with Crippen molar-refractivity contribution in [2.45, 2.75) is 13.5 Å². The molecule has 0 fully saturated rings. The van der Waals surface area contributed by atoms with E-state index in [1.54, 1.807) is 7.11 Å². The molecular formula is C18H19NO2. The molecule has 3 heteroatoms. The Balaban J connectivity index is 2.00. The zero-order valence-corrected chi connectivity index (χ0v) is 12.3. The third-order valence-electron chi connectivity index (χ3n) is 3.17. The first-order valence-electron chi connectivity index (χ1n) is 6.84. The topological polar surface area (TPSA) is 38.3 Å². The summed E-state index contributed by atoms with van der Waals surface area (Å²) >= 11 is 0. The van der Waals surface area contributed by atoms with Crippen LogP contribution in [0.4, 0.5) is 0 Å². The van der Waals surface area contributed by atoms with E-state index in [9.17, 15) is 4.79 Å². The van der Waals surface area contributed by atoms with Gasteiger partial charge in [-0.15, -0.1) is 0 Å². The number of nitrogens with one attached hydrogen (secondary N) is 1. The van der Waals surface area contributed by atoms with Crippen LogP contribution in [0.2, 0.25) is 0 Å². The van der Waals surface area contributed by atoms with Crippen LogP contribution in [0.15, 0.2) is 60.2 Å². The highest BCUT2D eigenvalue weighted by molar-refractivity contribution is 5.97. The summed E-state index contributed by atoms with van der Waals surface area (Å²) in [5.74, 6) is 0.701. The maximum Gasteiger partial charge on any atom is 0.247 e. The van der Waals surface area contributed by atoms with Gasteiger partial charge in [-0.1, -0.05) is 48.5 Å². The second kappa shape index (κ2) is 7.29. The zero-order valence-electron chi connectivity index (χ0n) is 12.3. The molecule has 0 spiro atoms. The van der Waals surface area contributed by atoms with Gasteiger partial charge in [-0.2, -0.15) is 0 Å². The first-order valence-corrected chi connectivity index (χ1v) is 6.84. The molecule has 2 aromatic carbocycles. The van der Waals surface area contributed by atoms with Crippen LogP contribution in [0.3, 0.4) is 0 Å². The van der Waals surface area contributed by atoms with Crippen molar-refractivity contribution in [3.63, 3.8) is 0 Å². The molecule has 0 bridgehead atoms. The van der Waals surface area contributed by atoms with Gasteiger partial charge in [0.1, 0.15) is 5.75 Å². The molecule has 0 aliphatic carbocycles. The molecule has 0 atom stereocenters. The van der Waals surface area contributed by atoms with Crippen LogP contribution in [0.1, 0.15) is 18.1 Å². The number of para-hydroxylation sites is 1. The second-order valence-electron chi connectivity index (χ2n) is 4.73. The van der Waals surface area contributed by atoms with Crippen molar-refractivity contribution in [1.29, 1.82) is 0 Å². The maximum atomic E-state index is 12.1. The summed E-state index contributed by atoms with van der Waals surface area (Å²) in [7, 11) is 1.63. The summed E-state index contributed by atoms with van der Waals surface area (Å²) in [6, 6.07) is 17.4. The molecule has 2 aromatic rings. The Morgan fingerprint density at radius 3 is 2.48 bits per heavy atom. The van der Waals surface area contributed by atoms with Gasteiger partial charge in [-0.25, -0.2) is 0 Å². The van der Waals surface area contributed by atoms with E-state index in [1.807, 2.05) is 67.6 Å². The van der Waals surface area contributed by atoms with Gasteiger partial charge in [-0.3, -0.25) is 4.79 Å². The fourth-order valence-corrected chi connectivity index (χ4v) is 2.03. The Hall–Kier alpha value is -2.55. The van der Waals surface area contributed by atoms with Crippen molar-refractivity contribution < 1.29 is 9.53 Å². The summed E-state index contributed by atoms with van der Waals surface area (Å²) in [5, 5.41) is 2.91. The Labute approximate surface area is 125 Å². The molecule has 0 aromatic heterocycles. The lowest BCUT2D eigenvalue weighted by molar-refractivity contribution is -0.117. The van der Waals surface area contributed by atoms with Crippen LogP contribution in [-0.2, 0) is 11.3 Å². The molecule has 0 aliphatic rings. The van der Waals surface area contributed by atoms with Gasteiger partial charge < -0.3 is 10.1 Å². The molecule has 0 saturated carbocycles. The van der Waals surface area contributed by atoms with E-state index in [2.05, 4.69) is 5.32 Å². The Bertz CT molecular complexity index is 633. The summed E-state index contributed by atoms with van der Waals surface area (Å²) in [5.41, 5.74) is 2.65. The number of ether oxygens (including phenoxy) is 1. The van der Waals surface area contributed by atoms with Crippen LogP contribution in [0.25, 0.3) is 6.08 Å². The zero-order chi connectivity index (χ0) is 15.1. The number of carbonyl (C=O) groups excluding carboxylic acids is 1. The highest BCUT2D eigenvalue weighted by atomic mass is 16.5. The summed E-state index contributed by atoms with van der Waals surface area (Å²) < 4.78 is 5.27. The van der Waals surface area contributed by atoms with Crippen LogP contribution in [0, 0.1) is 0 Å². The largest absolute Gasteiger partial charge is 0.496 e. The molecule has 2 rings (SSSR count). The van der Waals surface area contributed by atoms with Crippen molar-refractivity contribution >= 4 is 12.0 Å². The minimum atomic E-state index is -0.0789. The number of methoxy groups -OCH3 is 1. The van der Waals surface area contributed by atoms with Gasteiger partial charge >= 0.3 is 0 Å². The molecule has 1 amide bonds. The minimum Gasteiger partial charge on any atom is -0.496 e. The van der Waals surface area contributed by atoms with Crippen LogP contribution < -0.4 is 10.1 Å². The normalized spacial score (nSPS) is 11.0. The van der Waals surface area contributed by atoms with E-state index >= 15 is 0 Å². The number of benzene rings is 2. The van der Waals surface area contributed by atoms with Gasteiger partial charge in [0.15, 0.2) is 0 Å². The fourth-order valence-electron chi connectivity index (χ4n) is 2.03. The smallest absolute Gasteiger partial charge is 0.247 e. The fraction of sp³-hybridized carbons (Fsp3) is 0.167. The minimum absolute atomic E-state index is 0.0789. The van der Waals surface area contributed by atoms with Crippen molar-refractivity contribution in [2.75, 3.05) is 7.11 Å². The molecule has 0 unspecified atom stereocenters. The number of amides is 1. The maximum absolute atomic E-state index is 12.1. The lowest BCUT2D eigenvalue weighted by Crippen LogP contribution is -2.23. The van der Waals surface area contributed by atoms with E-state index < -0.39 is 0 Å². The number of hydrogen-bond donors (Lipinski definition) is 1. The molecule has 3 nitrogen and oxygen atoms in total. The number of hydrogen-bond acceptors (Lipinski definition) is 2. The van der Waals surface area contributed by atoms with Gasteiger partial charge in [0, 0.05) is 17.7 Å². The Kier molecular flexibility index (Phi) is 5.16. The van der Waals surface area contributed by atoms with Crippen LogP contribution >= 0.6 is 0 Å². The molecule has 108 valence electrons. The average Bonchev–Trinajstić information content (AvgIpc) is 2.53. The van der Waals surface area contributed by atoms with E-state index in [-0.39, 0.29) is 5.91 Å². The monoisotopic (exact) mass is 281 g/mol. The van der Waals surface area contributed by atoms with Crippen LogP contribution in [0.5, 0.6) is 5.75 Å². The Morgan fingerprint density at radius 1 is 1.10 bits per heavy atom. The molecule has 21 heavy (non-hydrogen) atoms. The number of carbonyl (C=O) groups is 1. The predicted octanol–water partition coefficient (Wildman–Crippen LogP) is 3.41. The lowest BCUT2D eigenvalue weighted by atomic mass is 10.1. The molecule has 0 heterocycles. The standard InChI is InChI=1S/C18H19NO2/c1-14(12-15-8-4-3-5-9-15)18(20)19-13-16-10-6-7-11-17(16)21-2/h3-12H,13H2,1-2H3,(H,19,20). The van der Waals surface area contributed by atoms with Crippen molar-refractivity contribution in [3.8, 4) is 5.75 Å². The molecular weight excluding hydrogens is 262 g/mol. The molecule has 0 saturated heterocycles. The Morgan fingerprint density at radius 2 is 1.76 bits per heavy atom. The highest BCUT2D eigenvalue weighted by Gasteiger charge is 2.06. The SMILES string of the molecule is COc1ccccc1CNC(=O)C(C)=Cc1ccccc1. The quantitative estimate of drug-likeness (QED) is 0.853. The summed E-state index contributed by atoms with van der Waals surface area (Å²) in [6.45, 7) is 2.26. The lowest BCUT2D eigenvalue weighted by Gasteiger charge is -2.09. The third-order valence-corrected chi connectivity index (χ3v) is 3.17. The highest BCUT2D eigenvalue weighted by Crippen LogP contribution is 2.17. The van der Waals surface area contributed by atoms with E-state index in [0.717, 1.165) is 16.9 Å². The first kappa shape index (κ1) is 14.9. The summed E-state index contributed by atoms with van der Waals surface area (Å²) in [6.07, 6.45) is 1.87.